The second-order valence-corrected chi connectivity index (χ2v) is 8.01. The largest absolute Gasteiger partial charge is 0.497 e. The van der Waals surface area contributed by atoms with Crippen LogP contribution in [0.2, 0.25) is 0 Å². The van der Waals surface area contributed by atoms with Crippen LogP contribution in [0.3, 0.4) is 0 Å². The van der Waals surface area contributed by atoms with Crippen molar-refractivity contribution in [3.8, 4) is 5.75 Å². The predicted molar refractivity (Wildman–Crippen MR) is 110 cm³/mol. The lowest BCUT2D eigenvalue weighted by molar-refractivity contribution is -0.174. The SMILES string of the molecule is C=CCOC(=O)[C@@H](CC(=O)O)N(OCc1ccccc1)S(=O)(=O)c1ccc(OC)cc1. The van der Waals surface area contributed by atoms with Gasteiger partial charge in [-0.05, 0) is 29.8 Å². The number of carbonyl (C=O) groups excluding carboxylic acids is 1. The average molecular weight is 449 g/mol. The van der Waals surface area contributed by atoms with Crippen molar-refractivity contribution in [3.63, 3.8) is 0 Å². The van der Waals surface area contributed by atoms with Gasteiger partial charge in [0.05, 0.1) is 25.0 Å². The summed E-state index contributed by atoms with van der Waals surface area (Å²) in [5.41, 5.74) is 0.617. The van der Waals surface area contributed by atoms with E-state index in [1.54, 1.807) is 30.3 Å². The van der Waals surface area contributed by atoms with Crippen LogP contribution in [0.1, 0.15) is 12.0 Å². The van der Waals surface area contributed by atoms with E-state index in [4.69, 9.17) is 14.3 Å². The van der Waals surface area contributed by atoms with Gasteiger partial charge < -0.3 is 14.6 Å². The molecule has 0 aliphatic carbocycles. The molecule has 0 radical (unpaired) electrons. The first kappa shape index (κ1) is 24.1. The van der Waals surface area contributed by atoms with Crippen molar-refractivity contribution in [1.29, 1.82) is 0 Å². The monoisotopic (exact) mass is 449 g/mol. The number of rotatable bonds is 12. The van der Waals surface area contributed by atoms with Crippen molar-refractivity contribution in [2.45, 2.75) is 24.0 Å². The molecular weight excluding hydrogens is 426 g/mol. The van der Waals surface area contributed by atoms with E-state index in [-0.39, 0.29) is 18.1 Å². The summed E-state index contributed by atoms with van der Waals surface area (Å²) < 4.78 is 36.9. The fourth-order valence-electron chi connectivity index (χ4n) is 2.54. The fraction of sp³-hybridized carbons (Fsp3) is 0.238. The third-order valence-corrected chi connectivity index (χ3v) is 5.74. The Morgan fingerprint density at radius 1 is 1.13 bits per heavy atom. The number of hydroxylamine groups is 1. The Kier molecular flexibility index (Phi) is 8.74. The van der Waals surface area contributed by atoms with Gasteiger partial charge in [-0.25, -0.2) is 8.42 Å². The van der Waals surface area contributed by atoms with E-state index in [0.29, 0.717) is 15.8 Å². The first-order valence-corrected chi connectivity index (χ1v) is 10.6. The Hall–Kier alpha value is -3.21. The molecule has 2 rings (SSSR count). The number of sulfonamides is 1. The summed E-state index contributed by atoms with van der Waals surface area (Å²) in [6.07, 6.45) is 0.420. The number of ether oxygens (including phenoxy) is 2. The summed E-state index contributed by atoms with van der Waals surface area (Å²) in [5, 5.41) is 9.28. The zero-order valence-electron chi connectivity index (χ0n) is 16.8. The predicted octanol–water partition coefficient (Wildman–Crippen LogP) is 2.39. The minimum atomic E-state index is -4.45. The summed E-state index contributed by atoms with van der Waals surface area (Å²) in [5.74, 6) is -2.06. The third kappa shape index (κ3) is 6.64. The normalized spacial score (nSPS) is 12.2. The smallest absolute Gasteiger partial charge is 0.327 e. The molecule has 1 atom stereocenters. The molecule has 2 aromatic carbocycles. The van der Waals surface area contributed by atoms with Gasteiger partial charge in [-0.1, -0.05) is 47.5 Å². The maximum absolute atomic E-state index is 13.3. The molecular formula is C21H23NO8S. The maximum Gasteiger partial charge on any atom is 0.327 e. The van der Waals surface area contributed by atoms with E-state index in [0.717, 1.165) is 0 Å². The zero-order valence-corrected chi connectivity index (χ0v) is 17.7. The highest BCUT2D eigenvalue weighted by Crippen LogP contribution is 2.24. The van der Waals surface area contributed by atoms with E-state index in [2.05, 4.69) is 6.58 Å². The van der Waals surface area contributed by atoms with Gasteiger partial charge in [0.2, 0.25) is 0 Å². The second-order valence-electron chi connectivity index (χ2n) is 6.23. The molecule has 0 aromatic heterocycles. The first-order valence-electron chi connectivity index (χ1n) is 9.14. The maximum atomic E-state index is 13.3. The van der Waals surface area contributed by atoms with E-state index < -0.39 is 34.4 Å². The molecule has 0 saturated heterocycles. The Labute approximate surface area is 180 Å². The molecule has 0 unspecified atom stereocenters. The van der Waals surface area contributed by atoms with Gasteiger partial charge in [-0.3, -0.25) is 14.4 Å². The second kappa shape index (κ2) is 11.3. The van der Waals surface area contributed by atoms with Crippen LogP contribution in [0.5, 0.6) is 5.75 Å². The molecule has 10 heteroatoms. The number of aliphatic carboxylic acids is 1. The highest BCUT2D eigenvalue weighted by Gasteiger charge is 2.40. The number of benzene rings is 2. The summed E-state index contributed by atoms with van der Waals surface area (Å²) in [4.78, 5) is 29.2. The molecule has 0 aliphatic heterocycles. The summed E-state index contributed by atoms with van der Waals surface area (Å²) in [6.45, 7) is 2.98. The number of methoxy groups -OCH3 is 1. The van der Waals surface area contributed by atoms with Crippen LogP contribution in [-0.2, 0) is 35.8 Å². The van der Waals surface area contributed by atoms with Crippen LogP contribution in [-0.4, -0.2) is 49.7 Å². The molecule has 0 heterocycles. The molecule has 9 nitrogen and oxygen atoms in total. The number of nitrogens with zero attached hydrogens (tertiary/aromatic N) is 1. The van der Waals surface area contributed by atoms with Crippen LogP contribution in [0.4, 0.5) is 0 Å². The summed E-state index contributed by atoms with van der Waals surface area (Å²) >= 11 is 0. The van der Waals surface area contributed by atoms with Crippen molar-refractivity contribution in [2.24, 2.45) is 0 Å². The minimum absolute atomic E-state index is 0.215. The van der Waals surface area contributed by atoms with Gasteiger partial charge in [0.15, 0.2) is 6.04 Å². The molecule has 0 aliphatic rings. The van der Waals surface area contributed by atoms with Crippen molar-refractivity contribution in [3.05, 3.63) is 72.8 Å². The van der Waals surface area contributed by atoms with E-state index in [1.165, 1.54) is 37.5 Å². The van der Waals surface area contributed by atoms with E-state index in [1.807, 2.05) is 0 Å². The molecule has 0 bridgehead atoms. The number of hydrogen-bond donors (Lipinski definition) is 1. The number of carboxylic acid groups (broad SMARTS) is 1. The Balaban J connectivity index is 2.45. The van der Waals surface area contributed by atoms with Crippen LogP contribution in [0.25, 0.3) is 0 Å². The number of carbonyl (C=O) groups is 2. The van der Waals surface area contributed by atoms with Crippen LogP contribution >= 0.6 is 0 Å². The molecule has 0 amide bonds. The summed E-state index contributed by atoms with van der Waals surface area (Å²) in [7, 11) is -3.02. The number of carboxylic acids is 1. The molecule has 1 N–H and O–H groups in total. The van der Waals surface area contributed by atoms with Crippen molar-refractivity contribution >= 4 is 22.0 Å². The molecule has 0 spiro atoms. The molecule has 166 valence electrons. The van der Waals surface area contributed by atoms with Gasteiger partial charge >= 0.3 is 11.9 Å². The van der Waals surface area contributed by atoms with Crippen LogP contribution in [0, 0.1) is 0 Å². The topological polar surface area (TPSA) is 119 Å². The molecule has 2 aromatic rings. The van der Waals surface area contributed by atoms with Crippen LogP contribution < -0.4 is 4.74 Å². The molecule has 0 fully saturated rings. The lowest BCUT2D eigenvalue weighted by Gasteiger charge is -2.27. The number of esters is 1. The first-order chi connectivity index (χ1) is 14.8. The lowest BCUT2D eigenvalue weighted by Crippen LogP contribution is -2.46. The van der Waals surface area contributed by atoms with Gasteiger partial charge in [0, 0.05) is 0 Å². The molecule has 0 saturated carbocycles. The van der Waals surface area contributed by atoms with E-state index >= 15 is 0 Å². The number of hydrogen-bond acceptors (Lipinski definition) is 7. The highest BCUT2D eigenvalue weighted by molar-refractivity contribution is 7.89. The molecule has 31 heavy (non-hydrogen) atoms. The Morgan fingerprint density at radius 3 is 2.32 bits per heavy atom. The van der Waals surface area contributed by atoms with Gasteiger partial charge in [-0.15, -0.1) is 0 Å². The Bertz CT molecular complexity index is 990. The van der Waals surface area contributed by atoms with Crippen molar-refractivity contribution in [1.82, 2.24) is 4.47 Å². The van der Waals surface area contributed by atoms with Crippen LogP contribution in [0.15, 0.2) is 72.1 Å². The highest BCUT2D eigenvalue weighted by atomic mass is 32.2. The minimum Gasteiger partial charge on any atom is -0.497 e. The standard InChI is InChI=1S/C21H23NO8S/c1-3-13-29-21(25)19(14-20(23)24)22(30-15-16-7-5-4-6-8-16)31(26,27)18-11-9-17(28-2)10-12-18/h3-12,19H,1,13-15H2,2H3,(H,23,24)/t19-/m1/s1. The fourth-order valence-corrected chi connectivity index (χ4v) is 3.91. The van der Waals surface area contributed by atoms with Gasteiger partial charge in [-0.2, -0.15) is 0 Å². The van der Waals surface area contributed by atoms with Crippen molar-refractivity contribution < 1.29 is 37.4 Å². The third-order valence-electron chi connectivity index (χ3n) is 4.03. The average Bonchev–Trinajstić information content (AvgIpc) is 2.77. The summed E-state index contributed by atoms with van der Waals surface area (Å²) in [6, 6.07) is 12.2. The quantitative estimate of drug-likeness (QED) is 0.298. The van der Waals surface area contributed by atoms with Gasteiger partial charge in [0.1, 0.15) is 12.4 Å². The van der Waals surface area contributed by atoms with Gasteiger partial charge in [0.25, 0.3) is 10.0 Å². The lowest BCUT2D eigenvalue weighted by atomic mass is 10.2. The zero-order chi connectivity index (χ0) is 22.9. The van der Waals surface area contributed by atoms with E-state index in [9.17, 15) is 23.1 Å². The Morgan fingerprint density at radius 2 is 1.77 bits per heavy atom. The van der Waals surface area contributed by atoms with Crippen molar-refractivity contribution in [2.75, 3.05) is 13.7 Å².